The van der Waals surface area contributed by atoms with Crippen LogP contribution in [0.3, 0.4) is 0 Å². The number of rotatable bonds is 6. The molecule has 0 unspecified atom stereocenters. The Kier molecular flexibility index (Phi) is 5.66. The molecule has 0 saturated carbocycles. The zero-order valence-corrected chi connectivity index (χ0v) is 18.4. The molecule has 3 aromatic rings. The van der Waals surface area contributed by atoms with Crippen molar-refractivity contribution in [3.05, 3.63) is 62.4 Å². The average molecular weight is 458 g/mol. The molecule has 2 heterocycles. The van der Waals surface area contributed by atoms with Gasteiger partial charge in [-0.15, -0.1) is 4.57 Å². The van der Waals surface area contributed by atoms with Gasteiger partial charge in [-0.05, 0) is 29.8 Å². The molecule has 31 heavy (non-hydrogen) atoms. The Morgan fingerprint density at radius 3 is 2.39 bits per heavy atom. The van der Waals surface area contributed by atoms with Gasteiger partial charge in [-0.2, -0.15) is 0 Å². The number of hydrogen-bond acceptors (Lipinski definition) is 8. The van der Waals surface area contributed by atoms with Gasteiger partial charge in [0.1, 0.15) is 4.91 Å². The van der Waals surface area contributed by atoms with Crippen molar-refractivity contribution in [2.24, 2.45) is 0 Å². The molecule has 1 aliphatic heterocycles. The minimum absolute atomic E-state index is 0.0238. The van der Waals surface area contributed by atoms with Crippen molar-refractivity contribution in [2.75, 3.05) is 21.3 Å². The van der Waals surface area contributed by atoms with Crippen molar-refractivity contribution < 1.29 is 28.5 Å². The molecule has 4 rings (SSSR count). The summed E-state index contributed by atoms with van der Waals surface area (Å²) < 4.78 is 18.5. The maximum Gasteiger partial charge on any atom is 0.433 e. The number of fused-ring (bicyclic) bond motifs is 1. The molecule has 8 nitrogen and oxygen atoms in total. The smallest absolute Gasteiger partial charge is 0.433 e. The van der Waals surface area contributed by atoms with Crippen molar-refractivity contribution in [1.29, 1.82) is 0 Å². The molecule has 0 spiro atoms. The van der Waals surface area contributed by atoms with Gasteiger partial charge in [-0.25, -0.2) is 4.79 Å². The normalized spacial score (nSPS) is 13.9. The van der Waals surface area contributed by atoms with E-state index < -0.39 is 4.92 Å². The first-order valence-corrected chi connectivity index (χ1v) is 10.7. The van der Waals surface area contributed by atoms with Crippen molar-refractivity contribution in [2.45, 2.75) is 4.34 Å². The Bertz CT molecular complexity index is 1210. The molecule has 1 aromatic heterocycles. The second kappa shape index (κ2) is 8.40. The summed E-state index contributed by atoms with van der Waals surface area (Å²) >= 11 is 2.76. The third kappa shape index (κ3) is 3.75. The van der Waals surface area contributed by atoms with Crippen LogP contribution in [0.5, 0.6) is 17.2 Å². The number of hydrogen-bond donors (Lipinski definition) is 0. The standard InChI is InChI=1S/C21H17N2O6S2/c1-27-16-7-12(8-17(28-2)19(16)29-3)9-18-20(24)22-15(11-30-21(22)31-18)13-5-4-6-14(10-13)23(25)26/h4-11H,1-3H3/q+1/b18-9-. The van der Waals surface area contributed by atoms with Crippen LogP contribution in [0, 0.1) is 10.1 Å². The van der Waals surface area contributed by atoms with Gasteiger partial charge in [-0.3, -0.25) is 10.1 Å². The first-order valence-electron chi connectivity index (χ1n) is 8.99. The highest BCUT2D eigenvalue weighted by Crippen LogP contribution is 2.41. The predicted molar refractivity (Wildman–Crippen MR) is 117 cm³/mol. The van der Waals surface area contributed by atoms with Crippen LogP contribution in [0.15, 0.2) is 51.0 Å². The molecular formula is C21H17N2O6S2+. The number of nitro groups is 1. The highest BCUT2D eigenvalue weighted by molar-refractivity contribution is 8.05. The van der Waals surface area contributed by atoms with E-state index in [-0.39, 0.29) is 11.6 Å². The lowest BCUT2D eigenvalue weighted by molar-refractivity contribution is -0.588. The Labute approximate surface area is 185 Å². The number of nitrogens with zero attached hydrogens (tertiary/aromatic N) is 2. The molecule has 0 N–H and O–H groups in total. The number of thiazole rings is 1. The molecule has 0 saturated heterocycles. The fourth-order valence-electron chi connectivity index (χ4n) is 3.22. The number of nitro benzene ring substituents is 1. The molecule has 158 valence electrons. The number of carbonyl (C=O) groups is 1. The number of benzene rings is 2. The van der Waals surface area contributed by atoms with E-state index in [1.807, 2.05) is 5.38 Å². The first-order chi connectivity index (χ1) is 15.0. The molecule has 0 atom stereocenters. The summed E-state index contributed by atoms with van der Waals surface area (Å²) in [5, 5.41) is 12.9. The van der Waals surface area contributed by atoms with Crippen LogP contribution in [0.2, 0.25) is 0 Å². The maximum absolute atomic E-state index is 13.2. The Hall–Kier alpha value is -3.37. The Morgan fingerprint density at radius 2 is 1.77 bits per heavy atom. The van der Waals surface area contributed by atoms with E-state index in [4.69, 9.17) is 14.2 Å². The van der Waals surface area contributed by atoms with Gasteiger partial charge in [0.15, 0.2) is 11.5 Å². The largest absolute Gasteiger partial charge is 0.493 e. The molecule has 1 aliphatic rings. The minimum atomic E-state index is -0.451. The van der Waals surface area contributed by atoms with Gasteiger partial charge in [0.05, 0.1) is 37.2 Å². The first kappa shape index (κ1) is 20.9. The fourth-order valence-corrected chi connectivity index (χ4v) is 5.40. The molecule has 0 amide bonds. The predicted octanol–water partition coefficient (Wildman–Crippen LogP) is 4.42. The van der Waals surface area contributed by atoms with Crippen molar-refractivity contribution in [1.82, 2.24) is 0 Å². The van der Waals surface area contributed by atoms with Gasteiger partial charge in [-0.1, -0.05) is 17.4 Å². The molecular weight excluding hydrogens is 440 g/mol. The van der Waals surface area contributed by atoms with E-state index in [9.17, 15) is 14.9 Å². The molecule has 0 bridgehead atoms. The summed E-state index contributed by atoms with van der Waals surface area (Å²) in [4.78, 5) is 24.4. The summed E-state index contributed by atoms with van der Waals surface area (Å²) in [7, 11) is 4.59. The van der Waals surface area contributed by atoms with Gasteiger partial charge >= 0.3 is 10.2 Å². The topological polar surface area (TPSA) is 91.8 Å². The van der Waals surface area contributed by atoms with E-state index in [0.717, 1.165) is 9.90 Å². The van der Waals surface area contributed by atoms with Gasteiger partial charge in [0.25, 0.3) is 5.69 Å². The Morgan fingerprint density at radius 1 is 1.06 bits per heavy atom. The van der Waals surface area contributed by atoms with E-state index in [0.29, 0.717) is 33.4 Å². The zero-order valence-electron chi connectivity index (χ0n) is 16.8. The summed E-state index contributed by atoms with van der Waals surface area (Å²) in [5.41, 5.74) is 1.93. The molecule has 10 heteroatoms. The highest BCUT2D eigenvalue weighted by Gasteiger charge is 2.41. The number of aromatic nitrogens is 1. The van der Waals surface area contributed by atoms with E-state index in [1.54, 1.807) is 34.9 Å². The van der Waals surface area contributed by atoms with Crippen LogP contribution in [0.25, 0.3) is 17.3 Å². The van der Waals surface area contributed by atoms with E-state index >= 15 is 0 Å². The third-order valence-corrected chi connectivity index (χ3v) is 6.78. The fraction of sp³-hybridized carbons (Fsp3) is 0.143. The molecule has 0 fully saturated rings. The van der Waals surface area contributed by atoms with Gasteiger partial charge in [0.2, 0.25) is 11.4 Å². The Balaban J connectivity index is 1.72. The van der Waals surface area contributed by atoms with Crippen LogP contribution in [-0.4, -0.2) is 32.2 Å². The number of thioether (sulfide) groups is 1. The van der Waals surface area contributed by atoms with Crippen molar-refractivity contribution in [3.8, 4) is 28.5 Å². The van der Waals surface area contributed by atoms with E-state index in [2.05, 4.69) is 0 Å². The number of methoxy groups -OCH3 is 3. The monoisotopic (exact) mass is 457 g/mol. The lowest BCUT2D eigenvalue weighted by atomic mass is 10.1. The van der Waals surface area contributed by atoms with Gasteiger partial charge in [0, 0.05) is 23.9 Å². The number of non-ortho nitro benzene ring substituents is 1. The number of carbonyl (C=O) groups excluding carboxylic acids is 1. The molecule has 0 aliphatic carbocycles. The second-order valence-corrected chi connectivity index (χ2v) is 8.55. The van der Waals surface area contributed by atoms with Crippen molar-refractivity contribution in [3.63, 3.8) is 0 Å². The summed E-state index contributed by atoms with van der Waals surface area (Å²) in [6.07, 6.45) is 1.76. The van der Waals surface area contributed by atoms with Crippen LogP contribution < -0.4 is 18.8 Å². The number of ether oxygens (including phenoxy) is 3. The maximum atomic E-state index is 13.2. The minimum Gasteiger partial charge on any atom is -0.493 e. The quantitative estimate of drug-likeness (QED) is 0.234. The summed E-state index contributed by atoms with van der Waals surface area (Å²) in [5.74, 6) is 1.25. The SMILES string of the molecule is COc1cc(/C=C2\Sc3scc(-c4cccc([N+](=O)[O-])c4)[n+]3C2=O)cc(OC)c1OC. The van der Waals surface area contributed by atoms with Crippen LogP contribution in [0.1, 0.15) is 10.4 Å². The van der Waals surface area contributed by atoms with Crippen LogP contribution in [-0.2, 0) is 0 Å². The average Bonchev–Trinajstić information content (AvgIpc) is 3.33. The van der Waals surface area contributed by atoms with Crippen molar-refractivity contribution >= 4 is 40.8 Å². The lowest BCUT2D eigenvalue weighted by Gasteiger charge is -2.12. The summed E-state index contributed by atoms with van der Waals surface area (Å²) in [6, 6.07) is 9.78. The lowest BCUT2D eigenvalue weighted by Crippen LogP contribution is -2.40. The summed E-state index contributed by atoms with van der Waals surface area (Å²) in [6.45, 7) is 0. The van der Waals surface area contributed by atoms with E-state index in [1.165, 1.54) is 56.6 Å². The second-order valence-electron chi connectivity index (χ2n) is 6.40. The number of allylic oxidation sites excluding steroid dienone is 1. The highest BCUT2D eigenvalue weighted by atomic mass is 32.2. The van der Waals surface area contributed by atoms with Crippen LogP contribution >= 0.6 is 23.1 Å². The zero-order chi connectivity index (χ0) is 22.1. The molecule has 2 aromatic carbocycles. The third-order valence-electron chi connectivity index (χ3n) is 4.64. The molecule has 0 radical (unpaired) electrons. The van der Waals surface area contributed by atoms with Crippen LogP contribution in [0.4, 0.5) is 5.69 Å². The van der Waals surface area contributed by atoms with Gasteiger partial charge < -0.3 is 14.2 Å².